The first kappa shape index (κ1) is 11.9. The van der Waals surface area contributed by atoms with Crippen molar-refractivity contribution in [2.45, 2.75) is 12.8 Å². The lowest BCUT2D eigenvalue weighted by molar-refractivity contribution is -0.142. The molecule has 2 N–H and O–H groups in total. The van der Waals surface area contributed by atoms with Gasteiger partial charge >= 0.3 is 0 Å². The lowest BCUT2D eigenvalue weighted by Gasteiger charge is -2.26. The molecule has 0 radical (unpaired) electrons. The number of morpholine rings is 1. The summed E-state index contributed by atoms with van der Waals surface area (Å²) in [5.41, 5.74) is 7.68. The second kappa shape index (κ2) is 5.68. The van der Waals surface area contributed by atoms with Gasteiger partial charge in [0.1, 0.15) is 6.61 Å². The van der Waals surface area contributed by atoms with Gasteiger partial charge in [-0.1, -0.05) is 12.1 Å². The van der Waals surface area contributed by atoms with Crippen molar-refractivity contribution in [2.75, 3.05) is 32.0 Å². The predicted molar refractivity (Wildman–Crippen MR) is 66.6 cm³/mol. The SMILES string of the molecule is Nc1ccc(CCCN2CCOCC2=O)cc1. The van der Waals surface area contributed by atoms with E-state index in [1.807, 2.05) is 29.2 Å². The molecule has 4 nitrogen and oxygen atoms in total. The van der Waals surface area contributed by atoms with Crippen LogP contribution >= 0.6 is 0 Å². The number of anilines is 1. The Hall–Kier alpha value is -1.55. The molecule has 1 aromatic carbocycles. The number of amides is 1. The summed E-state index contributed by atoms with van der Waals surface area (Å²) in [6, 6.07) is 7.90. The third-order valence-corrected chi connectivity index (χ3v) is 2.96. The lowest BCUT2D eigenvalue weighted by Crippen LogP contribution is -2.42. The maximum Gasteiger partial charge on any atom is 0.248 e. The largest absolute Gasteiger partial charge is 0.399 e. The van der Waals surface area contributed by atoms with Crippen molar-refractivity contribution in [1.29, 1.82) is 0 Å². The Morgan fingerprint density at radius 1 is 1.29 bits per heavy atom. The number of carbonyl (C=O) groups is 1. The second-order valence-corrected chi connectivity index (χ2v) is 4.28. The van der Waals surface area contributed by atoms with Gasteiger partial charge in [0.15, 0.2) is 0 Å². The molecule has 1 saturated heterocycles. The van der Waals surface area contributed by atoms with Crippen molar-refractivity contribution >= 4 is 11.6 Å². The number of rotatable bonds is 4. The molecule has 92 valence electrons. The van der Waals surface area contributed by atoms with Gasteiger partial charge in [0, 0.05) is 18.8 Å². The van der Waals surface area contributed by atoms with Crippen LogP contribution in [0.15, 0.2) is 24.3 Å². The zero-order chi connectivity index (χ0) is 12.1. The number of hydrogen-bond acceptors (Lipinski definition) is 3. The first-order valence-electron chi connectivity index (χ1n) is 5.95. The Kier molecular flexibility index (Phi) is 3.98. The molecule has 0 spiro atoms. The van der Waals surface area contributed by atoms with E-state index in [9.17, 15) is 4.79 Å². The third-order valence-electron chi connectivity index (χ3n) is 2.96. The summed E-state index contributed by atoms with van der Waals surface area (Å²) >= 11 is 0. The molecular formula is C13H18N2O2. The van der Waals surface area contributed by atoms with Crippen molar-refractivity contribution in [1.82, 2.24) is 4.90 Å². The molecular weight excluding hydrogens is 216 g/mol. The maximum atomic E-state index is 11.5. The van der Waals surface area contributed by atoms with Gasteiger partial charge in [0.25, 0.3) is 0 Å². The van der Waals surface area contributed by atoms with Crippen molar-refractivity contribution in [3.63, 3.8) is 0 Å². The number of hydrogen-bond donors (Lipinski definition) is 1. The van der Waals surface area contributed by atoms with E-state index in [4.69, 9.17) is 10.5 Å². The van der Waals surface area contributed by atoms with Gasteiger partial charge in [-0.2, -0.15) is 0 Å². The van der Waals surface area contributed by atoms with Gasteiger partial charge in [-0.05, 0) is 30.5 Å². The summed E-state index contributed by atoms with van der Waals surface area (Å²) in [7, 11) is 0. The highest BCUT2D eigenvalue weighted by Crippen LogP contribution is 2.09. The van der Waals surface area contributed by atoms with Gasteiger partial charge in [0.05, 0.1) is 6.61 Å². The van der Waals surface area contributed by atoms with Crippen LogP contribution in [0.3, 0.4) is 0 Å². The topological polar surface area (TPSA) is 55.6 Å². The molecule has 1 heterocycles. The quantitative estimate of drug-likeness (QED) is 0.793. The second-order valence-electron chi connectivity index (χ2n) is 4.28. The summed E-state index contributed by atoms with van der Waals surface area (Å²) in [6.45, 7) is 2.43. The molecule has 0 unspecified atom stereocenters. The third kappa shape index (κ3) is 3.46. The summed E-state index contributed by atoms with van der Waals surface area (Å²) in [5.74, 6) is 0.105. The molecule has 1 fully saturated rings. The average molecular weight is 234 g/mol. The van der Waals surface area contributed by atoms with Crippen LogP contribution in [0.4, 0.5) is 5.69 Å². The van der Waals surface area contributed by atoms with Crippen LogP contribution in [0.1, 0.15) is 12.0 Å². The van der Waals surface area contributed by atoms with Crippen LogP contribution < -0.4 is 5.73 Å². The molecule has 2 rings (SSSR count). The van der Waals surface area contributed by atoms with E-state index in [0.29, 0.717) is 6.61 Å². The predicted octanol–water partition coefficient (Wildman–Crippen LogP) is 1.06. The minimum atomic E-state index is 0.105. The Balaban J connectivity index is 1.75. The molecule has 17 heavy (non-hydrogen) atoms. The molecule has 1 aromatic rings. The molecule has 4 heteroatoms. The van der Waals surface area contributed by atoms with Crippen LogP contribution in [-0.4, -0.2) is 37.1 Å². The number of benzene rings is 1. The van der Waals surface area contributed by atoms with Crippen LogP contribution in [0.5, 0.6) is 0 Å². The van der Waals surface area contributed by atoms with Gasteiger partial charge in [-0.25, -0.2) is 0 Å². The monoisotopic (exact) mass is 234 g/mol. The minimum Gasteiger partial charge on any atom is -0.399 e. The van der Waals surface area contributed by atoms with Crippen LogP contribution in [-0.2, 0) is 16.0 Å². The molecule has 1 aliphatic heterocycles. The molecule has 0 saturated carbocycles. The molecule has 1 aliphatic rings. The van der Waals surface area contributed by atoms with E-state index in [1.165, 1.54) is 5.56 Å². The van der Waals surface area contributed by atoms with E-state index in [0.717, 1.165) is 31.6 Å². The number of ether oxygens (including phenoxy) is 1. The normalized spacial score (nSPS) is 16.2. The fraction of sp³-hybridized carbons (Fsp3) is 0.462. The Morgan fingerprint density at radius 2 is 2.06 bits per heavy atom. The van der Waals surface area contributed by atoms with E-state index in [-0.39, 0.29) is 12.5 Å². The summed E-state index contributed by atoms with van der Waals surface area (Å²) in [6.07, 6.45) is 1.96. The summed E-state index contributed by atoms with van der Waals surface area (Å²) in [4.78, 5) is 13.3. The molecule has 0 bridgehead atoms. The number of nitrogens with two attached hydrogens (primary N) is 1. The zero-order valence-electron chi connectivity index (χ0n) is 9.89. The van der Waals surface area contributed by atoms with E-state index >= 15 is 0 Å². The number of nitrogens with zero attached hydrogens (tertiary/aromatic N) is 1. The maximum absolute atomic E-state index is 11.5. The smallest absolute Gasteiger partial charge is 0.248 e. The van der Waals surface area contributed by atoms with Gasteiger partial charge in [-0.15, -0.1) is 0 Å². The van der Waals surface area contributed by atoms with Gasteiger partial charge in [0.2, 0.25) is 5.91 Å². The fourth-order valence-corrected chi connectivity index (χ4v) is 1.95. The van der Waals surface area contributed by atoms with Crippen molar-refractivity contribution in [2.24, 2.45) is 0 Å². The fourth-order valence-electron chi connectivity index (χ4n) is 1.95. The Bertz CT molecular complexity index is 376. The minimum absolute atomic E-state index is 0.105. The molecule has 0 atom stereocenters. The summed E-state index contributed by atoms with van der Waals surface area (Å²) in [5, 5.41) is 0. The average Bonchev–Trinajstić information content (AvgIpc) is 2.34. The van der Waals surface area contributed by atoms with E-state index in [2.05, 4.69) is 0 Å². The van der Waals surface area contributed by atoms with Crippen LogP contribution in [0, 0.1) is 0 Å². The van der Waals surface area contributed by atoms with E-state index in [1.54, 1.807) is 0 Å². The summed E-state index contributed by atoms with van der Waals surface area (Å²) < 4.78 is 5.08. The number of nitrogen functional groups attached to an aromatic ring is 1. The number of carbonyl (C=O) groups excluding carboxylic acids is 1. The van der Waals surface area contributed by atoms with Crippen molar-refractivity contribution < 1.29 is 9.53 Å². The van der Waals surface area contributed by atoms with Crippen molar-refractivity contribution in [3.8, 4) is 0 Å². The van der Waals surface area contributed by atoms with Gasteiger partial charge < -0.3 is 15.4 Å². The highest BCUT2D eigenvalue weighted by atomic mass is 16.5. The lowest BCUT2D eigenvalue weighted by atomic mass is 10.1. The zero-order valence-corrected chi connectivity index (χ0v) is 9.89. The first-order valence-corrected chi connectivity index (χ1v) is 5.95. The molecule has 0 aliphatic carbocycles. The van der Waals surface area contributed by atoms with Crippen LogP contribution in [0.25, 0.3) is 0 Å². The molecule has 0 aromatic heterocycles. The highest BCUT2D eigenvalue weighted by Gasteiger charge is 2.17. The van der Waals surface area contributed by atoms with E-state index < -0.39 is 0 Å². The Labute approximate surface area is 101 Å². The number of aryl methyl sites for hydroxylation is 1. The highest BCUT2D eigenvalue weighted by molar-refractivity contribution is 5.77. The Morgan fingerprint density at radius 3 is 2.76 bits per heavy atom. The molecule has 1 amide bonds. The van der Waals surface area contributed by atoms with Crippen molar-refractivity contribution in [3.05, 3.63) is 29.8 Å². The first-order chi connectivity index (χ1) is 8.25. The van der Waals surface area contributed by atoms with Crippen LogP contribution in [0.2, 0.25) is 0 Å². The standard InChI is InChI=1S/C13H18N2O2/c14-12-5-3-11(4-6-12)2-1-7-15-8-9-17-10-13(15)16/h3-6H,1-2,7-10,14H2. The van der Waals surface area contributed by atoms with Gasteiger partial charge in [-0.3, -0.25) is 4.79 Å².